The molecule has 1 heterocycles. The molecule has 1 atom stereocenters. The Labute approximate surface area is 188 Å². The van der Waals surface area contributed by atoms with Gasteiger partial charge in [-0.05, 0) is 55.5 Å². The lowest BCUT2D eigenvalue weighted by Gasteiger charge is -2.32. The Bertz CT molecular complexity index is 1150. The van der Waals surface area contributed by atoms with E-state index in [1.54, 1.807) is 25.1 Å². The minimum atomic E-state index is -3.67. The molecule has 0 radical (unpaired) electrons. The van der Waals surface area contributed by atoms with Crippen LogP contribution in [0.2, 0.25) is 0 Å². The number of carbonyl (C=O) groups excluding carboxylic acids is 1. The van der Waals surface area contributed by atoms with E-state index in [2.05, 4.69) is 12.2 Å². The fraction of sp³-hybridized carbons (Fsp3) is 0.409. The van der Waals surface area contributed by atoms with Gasteiger partial charge in [0.15, 0.2) is 0 Å². The monoisotopic (exact) mass is 460 g/mol. The molecule has 1 saturated heterocycles. The number of piperidine rings is 1. The number of nitro benzene ring substituents is 1. The molecule has 9 nitrogen and oxygen atoms in total. The third kappa shape index (κ3) is 4.91. The quantitative estimate of drug-likeness (QED) is 0.520. The topological polar surface area (TPSA) is 113 Å². The van der Waals surface area contributed by atoms with Gasteiger partial charge in [0.05, 0.1) is 9.82 Å². The summed E-state index contributed by atoms with van der Waals surface area (Å²) in [5.74, 6) is -0.103. The zero-order valence-corrected chi connectivity index (χ0v) is 19.5. The van der Waals surface area contributed by atoms with Crippen LogP contribution >= 0.6 is 0 Å². The highest BCUT2D eigenvalue weighted by molar-refractivity contribution is 7.89. The number of aryl methyl sites for hydroxylation is 1. The molecule has 1 amide bonds. The zero-order valence-electron chi connectivity index (χ0n) is 18.7. The van der Waals surface area contributed by atoms with Crippen LogP contribution in [0.25, 0.3) is 0 Å². The van der Waals surface area contributed by atoms with Gasteiger partial charge in [-0.1, -0.05) is 13.0 Å². The number of nitrogens with one attached hydrogen (secondary N) is 1. The largest absolute Gasteiger partial charge is 0.366 e. The van der Waals surface area contributed by atoms with Crippen LogP contribution in [0.1, 0.15) is 35.7 Å². The molecule has 3 rings (SSSR count). The average molecular weight is 461 g/mol. The number of nitro groups is 1. The van der Waals surface area contributed by atoms with E-state index < -0.39 is 20.9 Å². The van der Waals surface area contributed by atoms with E-state index in [1.807, 2.05) is 4.90 Å². The lowest BCUT2D eigenvalue weighted by Crippen LogP contribution is -2.34. The highest BCUT2D eigenvalue weighted by Crippen LogP contribution is 2.33. The third-order valence-corrected chi connectivity index (χ3v) is 7.48. The molecule has 32 heavy (non-hydrogen) atoms. The van der Waals surface area contributed by atoms with Crippen LogP contribution < -0.4 is 10.2 Å². The molecule has 1 unspecified atom stereocenters. The molecule has 2 aromatic carbocycles. The van der Waals surface area contributed by atoms with E-state index in [9.17, 15) is 23.3 Å². The second-order valence-electron chi connectivity index (χ2n) is 8.37. The van der Waals surface area contributed by atoms with Crippen LogP contribution in [-0.2, 0) is 10.0 Å². The number of nitrogens with zero attached hydrogens (tertiary/aromatic N) is 3. The minimum absolute atomic E-state index is 0.0453. The average Bonchev–Trinajstić information content (AvgIpc) is 2.74. The Hall–Kier alpha value is -2.98. The van der Waals surface area contributed by atoms with Gasteiger partial charge in [0.2, 0.25) is 10.0 Å². The highest BCUT2D eigenvalue weighted by atomic mass is 32.2. The summed E-state index contributed by atoms with van der Waals surface area (Å²) in [4.78, 5) is 26.2. The molecule has 1 N–H and O–H groups in total. The predicted molar refractivity (Wildman–Crippen MR) is 124 cm³/mol. The summed E-state index contributed by atoms with van der Waals surface area (Å²) in [6.45, 7) is 5.33. The van der Waals surface area contributed by atoms with E-state index in [4.69, 9.17) is 0 Å². The fourth-order valence-electron chi connectivity index (χ4n) is 3.79. The van der Waals surface area contributed by atoms with Crippen molar-refractivity contribution in [3.05, 3.63) is 57.6 Å². The second-order valence-corrected chi connectivity index (χ2v) is 10.5. The van der Waals surface area contributed by atoms with E-state index in [1.165, 1.54) is 32.3 Å². The van der Waals surface area contributed by atoms with Crippen molar-refractivity contribution >= 4 is 33.0 Å². The summed E-state index contributed by atoms with van der Waals surface area (Å²) < 4.78 is 25.9. The van der Waals surface area contributed by atoms with Crippen molar-refractivity contribution in [2.24, 2.45) is 5.92 Å². The van der Waals surface area contributed by atoms with Crippen LogP contribution in [0.3, 0.4) is 0 Å². The first kappa shape index (κ1) is 23.7. The van der Waals surface area contributed by atoms with Crippen molar-refractivity contribution in [2.75, 3.05) is 37.4 Å². The molecule has 1 fully saturated rings. The van der Waals surface area contributed by atoms with E-state index in [0.717, 1.165) is 30.2 Å². The maximum atomic E-state index is 12.9. The molecular formula is C22H28N4O5S. The number of sulfonamides is 1. The number of carbonyl (C=O) groups is 1. The van der Waals surface area contributed by atoms with E-state index in [-0.39, 0.29) is 16.1 Å². The summed E-state index contributed by atoms with van der Waals surface area (Å²) in [6, 6.07) is 8.92. The number of anilines is 2. The Morgan fingerprint density at radius 2 is 1.94 bits per heavy atom. The van der Waals surface area contributed by atoms with E-state index in [0.29, 0.717) is 22.9 Å². The molecule has 0 aromatic heterocycles. The number of rotatable bonds is 6. The highest BCUT2D eigenvalue weighted by Gasteiger charge is 2.25. The van der Waals surface area contributed by atoms with Gasteiger partial charge in [-0.3, -0.25) is 14.9 Å². The van der Waals surface area contributed by atoms with Gasteiger partial charge in [0.1, 0.15) is 5.69 Å². The van der Waals surface area contributed by atoms with Crippen LogP contribution in [0.4, 0.5) is 17.1 Å². The van der Waals surface area contributed by atoms with E-state index >= 15 is 0 Å². The fourth-order valence-corrected chi connectivity index (χ4v) is 4.72. The van der Waals surface area contributed by atoms with Crippen molar-refractivity contribution < 1.29 is 18.1 Å². The van der Waals surface area contributed by atoms with Crippen LogP contribution in [-0.4, -0.2) is 50.7 Å². The van der Waals surface area contributed by atoms with Crippen molar-refractivity contribution in [3.8, 4) is 0 Å². The van der Waals surface area contributed by atoms with Crippen LogP contribution in [0.15, 0.2) is 41.3 Å². The lowest BCUT2D eigenvalue weighted by molar-refractivity contribution is -0.384. The van der Waals surface area contributed by atoms with Gasteiger partial charge in [-0.15, -0.1) is 0 Å². The Kier molecular flexibility index (Phi) is 6.85. The SMILES string of the molecule is Cc1ccc(S(=O)(=O)N(C)C)cc1NC(=O)c1ccc(N2CCCC(C)C2)c([N+](=O)[O-])c1. The minimum Gasteiger partial charge on any atom is -0.366 e. The molecule has 0 aliphatic carbocycles. The zero-order chi connectivity index (χ0) is 23.6. The predicted octanol–water partition coefficient (Wildman–Crippen LogP) is 3.64. The Balaban J connectivity index is 1.90. The van der Waals surface area contributed by atoms with Crippen molar-refractivity contribution in [3.63, 3.8) is 0 Å². The molecule has 0 saturated carbocycles. The first-order chi connectivity index (χ1) is 15.0. The molecule has 1 aliphatic heterocycles. The first-order valence-corrected chi connectivity index (χ1v) is 11.8. The van der Waals surface area contributed by atoms with Gasteiger partial charge >= 0.3 is 0 Å². The number of amides is 1. The molecule has 172 valence electrons. The number of hydrogen-bond donors (Lipinski definition) is 1. The molecule has 0 spiro atoms. The van der Waals surface area contributed by atoms with Gasteiger partial charge < -0.3 is 10.2 Å². The van der Waals surface area contributed by atoms with Crippen LogP contribution in [0.5, 0.6) is 0 Å². The summed E-state index contributed by atoms with van der Waals surface area (Å²) in [5.41, 5.74) is 1.52. The van der Waals surface area contributed by atoms with Gasteiger partial charge in [-0.25, -0.2) is 12.7 Å². The Morgan fingerprint density at radius 1 is 1.22 bits per heavy atom. The molecule has 1 aliphatic rings. The first-order valence-electron chi connectivity index (χ1n) is 10.4. The maximum absolute atomic E-state index is 12.9. The lowest BCUT2D eigenvalue weighted by atomic mass is 9.99. The van der Waals surface area contributed by atoms with Crippen LogP contribution in [0, 0.1) is 23.0 Å². The molecule has 0 bridgehead atoms. The standard InChI is InChI=1S/C22H28N4O5S/c1-15-6-5-11-25(14-15)20-10-8-17(12-21(20)26(28)29)22(27)23-19-13-18(9-7-16(19)2)32(30,31)24(3)4/h7-10,12-13,15H,5-6,11,14H2,1-4H3,(H,23,27). The third-order valence-electron chi connectivity index (χ3n) is 5.67. The van der Waals surface area contributed by atoms with Crippen molar-refractivity contribution in [1.82, 2.24) is 4.31 Å². The summed E-state index contributed by atoms with van der Waals surface area (Å²) in [6.07, 6.45) is 2.05. The molecular weight excluding hydrogens is 432 g/mol. The summed E-state index contributed by atoms with van der Waals surface area (Å²) >= 11 is 0. The normalized spacial score (nSPS) is 16.8. The van der Waals surface area contributed by atoms with Gasteiger partial charge in [-0.2, -0.15) is 0 Å². The maximum Gasteiger partial charge on any atom is 0.293 e. The van der Waals surface area contributed by atoms with Crippen molar-refractivity contribution in [1.29, 1.82) is 0 Å². The second kappa shape index (κ2) is 9.25. The molecule has 2 aromatic rings. The van der Waals surface area contributed by atoms with Crippen molar-refractivity contribution in [2.45, 2.75) is 31.6 Å². The smallest absolute Gasteiger partial charge is 0.293 e. The van der Waals surface area contributed by atoms with Gasteiger partial charge in [0, 0.05) is 44.5 Å². The van der Waals surface area contributed by atoms with Gasteiger partial charge in [0.25, 0.3) is 11.6 Å². The number of benzene rings is 2. The summed E-state index contributed by atoms with van der Waals surface area (Å²) in [5, 5.41) is 14.4. The Morgan fingerprint density at radius 3 is 2.56 bits per heavy atom. The molecule has 10 heteroatoms. The number of hydrogen-bond acceptors (Lipinski definition) is 6. The summed E-state index contributed by atoms with van der Waals surface area (Å²) in [7, 11) is -0.814.